The fraction of sp³-hybridized carbons (Fsp3) is 0.723. The monoisotopic (exact) mass is 1370 g/mol. The SMILES string of the molecule is CCC1O[C@@H](O[C@@H]2C(CC)O[C@@H](O[C@@H]3C(COC(=O)c4ccccc4)O[C@@H](OC4CCC5(C)C(CCC6C5CCC5(C)C6CC(=O)C5[C@H](C)C(=O)CC[C@H](C)CO[C@@H]5OC(CC)[C@H](C)[C@H](OC(=O)c6ccccc6)C5OC(=O)c5ccccc5)C4)C(C)[C@H]3C)C(C)[C@H]2C)C(C)[C@@H](C)[C@@H]1C. The smallest absolute Gasteiger partial charge is 0.338 e. The van der Waals surface area contributed by atoms with Crippen LogP contribution in [0.4, 0.5) is 0 Å². The summed E-state index contributed by atoms with van der Waals surface area (Å²) in [5.74, 6) is 0.338. The van der Waals surface area contributed by atoms with E-state index >= 15 is 0 Å². The average Bonchev–Trinajstić information content (AvgIpc) is 1.62. The highest BCUT2D eigenvalue weighted by molar-refractivity contribution is 5.92. The van der Waals surface area contributed by atoms with E-state index in [1.807, 2.05) is 58.0 Å². The van der Waals surface area contributed by atoms with Gasteiger partial charge in [0, 0.05) is 48.3 Å². The highest BCUT2D eigenvalue weighted by atomic mass is 16.7. The molecule has 30 atom stereocenters. The molecule has 8 aliphatic rings. The van der Waals surface area contributed by atoms with E-state index in [-0.39, 0.29) is 126 Å². The minimum absolute atomic E-state index is 0.00511. The number of fused-ring (bicyclic) bond motifs is 5. The van der Waals surface area contributed by atoms with Gasteiger partial charge in [-0.15, -0.1) is 0 Å². The summed E-state index contributed by atoms with van der Waals surface area (Å²) in [6.07, 6.45) is 4.53. The maximum absolute atomic E-state index is 14.6. The van der Waals surface area contributed by atoms with Crippen LogP contribution >= 0.6 is 0 Å². The van der Waals surface area contributed by atoms with Crippen LogP contribution in [-0.2, 0) is 61.7 Å². The van der Waals surface area contributed by atoms with Gasteiger partial charge in [-0.1, -0.05) is 158 Å². The van der Waals surface area contributed by atoms with Gasteiger partial charge in [-0.25, -0.2) is 14.4 Å². The summed E-state index contributed by atoms with van der Waals surface area (Å²) >= 11 is 0. The molecule has 99 heavy (non-hydrogen) atoms. The number of hydrogen-bond acceptors (Lipinski definition) is 16. The minimum atomic E-state index is -1.07. The predicted octanol–water partition coefficient (Wildman–Crippen LogP) is 16.1. The van der Waals surface area contributed by atoms with Gasteiger partial charge in [-0.3, -0.25) is 9.59 Å². The molecule has 11 rings (SSSR count). The van der Waals surface area contributed by atoms with E-state index in [9.17, 15) is 24.0 Å². The van der Waals surface area contributed by atoms with Gasteiger partial charge in [0.15, 0.2) is 31.3 Å². The molecule has 8 fully saturated rings. The largest absolute Gasteiger partial charge is 0.459 e. The van der Waals surface area contributed by atoms with E-state index in [0.29, 0.717) is 72.0 Å². The molecule has 3 aromatic rings. The standard InChI is InChI=1S/C83H118O16/c1-16-66-48(6)47(5)51(9)79(92-66)98-71-49(7)53(11)80(94-68(71)18-3)99-72-50(8)52(10)78(95-69(72)45-89-75(86)56-28-22-19-23-29-56)91-60-38-40-82(14)59(42-60)35-36-61-62(82)39-41-83(15)63(61)43-65(85)70(83)54(12)64(84)37-34-46(4)44-90-81-74(97-77(88)58-32-26-21-27-33-58)73(55(13)67(17-2)93-81)96-76(87)57-30-24-20-25-31-57/h19-33,46-55,59-63,66-74,78-81H,16-18,34-45H2,1-15H3/t46-,47-,48-,49+,50+,51?,52?,53?,54+,55-,59?,60?,61?,62?,63?,66?,67?,68?,69?,70?,71-,72-,73-,74?,78+,79-,80-,81+,82?,83?/m0/s1. The quantitative estimate of drug-likeness (QED) is 0.0468. The average molecular weight is 1370 g/mol. The van der Waals surface area contributed by atoms with Crippen LogP contribution in [0.5, 0.6) is 0 Å². The van der Waals surface area contributed by atoms with Crippen molar-refractivity contribution in [2.75, 3.05) is 13.2 Å². The summed E-state index contributed by atoms with van der Waals surface area (Å²) < 4.78 is 73.7. The van der Waals surface area contributed by atoms with Crippen LogP contribution in [0.15, 0.2) is 91.0 Å². The molecular weight excluding hydrogens is 1250 g/mol. The van der Waals surface area contributed by atoms with E-state index in [1.165, 1.54) is 0 Å². The molecule has 4 aliphatic heterocycles. The maximum Gasteiger partial charge on any atom is 0.338 e. The van der Waals surface area contributed by atoms with Crippen molar-refractivity contribution in [2.24, 2.45) is 99.6 Å². The lowest BCUT2D eigenvalue weighted by Crippen LogP contribution is -2.59. The van der Waals surface area contributed by atoms with Crippen molar-refractivity contribution in [1.82, 2.24) is 0 Å². The van der Waals surface area contributed by atoms with Gasteiger partial charge < -0.3 is 52.1 Å². The van der Waals surface area contributed by atoms with Crippen molar-refractivity contribution in [3.05, 3.63) is 108 Å². The van der Waals surface area contributed by atoms with E-state index < -0.39 is 67.1 Å². The van der Waals surface area contributed by atoms with Gasteiger partial charge in [-0.05, 0) is 171 Å². The second-order valence-electron chi connectivity index (χ2n) is 32.5. The summed E-state index contributed by atoms with van der Waals surface area (Å²) in [6, 6.07) is 26.5. The highest BCUT2D eigenvalue weighted by Crippen LogP contribution is 2.68. The lowest BCUT2D eigenvalue weighted by atomic mass is 9.44. The second-order valence-corrected chi connectivity index (χ2v) is 32.5. The van der Waals surface area contributed by atoms with E-state index in [1.54, 1.807) is 60.7 Å². The van der Waals surface area contributed by atoms with Crippen LogP contribution in [0.2, 0.25) is 0 Å². The molecule has 0 radical (unpaired) electrons. The summed E-state index contributed by atoms with van der Waals surface area (Å²) in [5.41, 5.74) is 1.03. The first-order valence-corrected chi connectivity index (χ1v) is 38.4. The Balaban J connectivity index is 0.699. The lowest BCUT2D eigenvalue weighted by Gasteiger charge is -2.61. The maximum atomic E-state index is 14.6. The fourth-order valence-electron chi connectivity index (χ4n) is 19.8. The van der Waals surface area contributed by atoms with Gasteiger partial charge in [0.05, 0.1) is 59.9 Å². The van der Waals surface area contributed by atoms with Crippen LogP contribution < -0.4 is 0 Å². The molecule has 16 heteroatoms. The zero-order valence-corrected chi connectivity index (χ0v) is 62.0. The predicted molar refractivity (Wildman–Crippen MR) is 376 cm³/mol. The van der Waals surface area contributed by atoms with Crippen molar-refractivity contribution in [1.29, 1.82) is 0 Å². The Labute approximate surface area is 590 Å². The molecule has 0 spiro atoms. The van der Waals surface area contributed by atoms with E-state index in [2.05, 4.69) is 76.2 Å². The molecule has 0 amide bonds. The third kappa shape index (κ3) is 15.8. The van der Waals surface area contributed by atoms with Crippen LogP contribution in [-0.4, -0.2) is 123 Å². The molecule has 0 N–H and O–H groups in total. The van der Waals surface area contributed by atoms with Crippen LogP contribution in [0.1, 0.15) is 218 Å². The number of ether oxygens (including phenoxy) is 11. The molecule has 4 saturated carbocycles. The van der Waals surface area contributed by atoms with Gasteiger partial charge in [0.25, 0.3) is 0 Å². The number of benzene rings is 3. The molecule has 4 saturated heterocycles. The molecule has 0 aromatic heterocycles. The number of hydrogen-bond donors (Lipinski definition) is 0. The molecule has 16 unspecified atom stereocenters. The van der Waals surface area contributed by atoms with Gasteiger partial charge >= 0.3 is 17.9 Å². The summed E-state index contributed by atoms with van der Waals surface area (Å²) in [4.78, 5) is 70.0. The summed E-state index contributed by atoms with van der Waals surface area (Å²) in [5, 5.41) is 0. The van der Waals surface area contributed by atoms with Crippen LogP contribution in [0.25, 0.3) is 0 Å². The van der Waals surface area contributed by atoms with Crippen molar-refractivity contribution in [2.45, 2.75) is 267 Å². The third-order valence-corrected chi connectivity index (χ3v) is 26.9. The van der Waals surface area contributed by atoms with Crippen LogP contribution in [0.3, 0.4) is 0 Å². The number of carbonyl (C=O) groups is 5. The summed E-state index contributed by atoms with van der Waals surface area (Å²) in [7, 11) is 0. The van der Waals surface area contributed by atoms with Crippen molar-refractivity contribution in [3.63, 3.8) is 0 Å². The molecular formula is C83H118O16. The first kappa shape index (κ1) is 75.3. The Kier molecular flexibility index (Phi) is 24.6. The number of Topliss-reactive ketones (excluding diaryl/α,β-unsaturated/α-hetero) is 2. The lowest BCUT2D eigenvalue weighted by molar-refractivity contribution is -0.352. The third-order valence-electron chi connectivity index (χ3n) is 26.9. The van der Waals surface area contributed by atoms with E-state index in [4.69, 9.17) is 52.1 Å². The number of rotatable bonds is 24. The second kappa shape index (κ2) is 32.4. The van der Waals surface area contributed by atoms with Crippen LogP contribution in [0, 0.1) is 99.6 Å². The van der Waals surface area contributed by atoms with Gasteiger partial charge in [0.2, 0.25) is 0 Å². The summed E-state index contributed by atoms with van der Waals surface area (Å²) in [6.45, 7) is 33.1. The molecule has 16 nitrogen and oxygen atoms in total. The first-order valence-electron chi connectivity index (χ1n) is 38.4. The minimum Gasteiger partial charge on any atom is -0.459 e. The highest BCUT2D eigenvalue weighted by Gasteiger charge is 2.64. The van der Waals surface area contributed by atoms with Crippen molar-refractivity contribution >= 4 is 29.5 Å². The Morgan fingerprint density at radius 1 is 0.505 bits per heavy atom. The Morgan fingerprint density at radius 2 is 1.00 bits per heavy atom. The molecule has 546 valence electrons. The van der Waals surface area contributed by atoms with E-state index in [0.717, 1.165) is 57.8 Å². The Hall–Kier alpha value is -4.91. The number of esters is 3. The Bertz CT molecular complexity index is 3160. The van der Waals surface area contributed by atoms with Crippen molar-refractivity contribution < 1.29 is 76.1 Å². The molecule has 0 bridgehead atoms. The van der Waals surface area contributed by atoms with Crippen molar-refractivity contribution in [3.8, 4) is 0 Å². The number of ketones is 2. The molecule has 3 aromatic carbocycles. The normalized spacial score (nSPS) is 41.2. The molecule has 4 heterocycles. The number of carbonyl (C=O) groups excluding carboxylic acids is 5. The Morgan fingerprint density at radius 3 is 1.59 bits per heavy atom. The fourth-order valence-corrected chi connectivity index (χ4v) is 19.8. The van der Waals surface area contributed by atoms with Gasteiger partial charge in [-0.2, -0.15) is 0 Å². The zero-order chi connectivity index (χ0) is 70.8. The van der Waals surface area contributed by atoms with Gasteiger partial charge in [0.1, 0.15) is 30.4 Å². The molecule has 4 aliphatic carbocycles. The first-order chi connectivity index (χ1) is 47.4. The topological polar surface area (TPSA) is 187 Å². The zero-order valence-electron chi connectivity index (χ0n) is 62.0.